The van der Waals surface area contributed by atoms with E-state index < -0.39 is 0 Å². The van der Waals surface area contributed by atoms with Crippen LogP contribution < -0.4 is 0 Å². The molecule has 2 rings (SSSR count). The van der Waals surface area contributed by atoms with Crippen molar-refractivity contribution in [2.45, 2.75) is 27.2 Å². The molecule has 1 heteroatoms. The number of allylic oxidation sites excluding steroid dienone is 4. The average molecular weight is 290 g/mol. The van der Waals surface area contributed by atoms with Crippen LogP contribution in [0.2, 0.25) is 0 Å². The standard InChI is InChI=1S/C21H22O/c1-16(2)9-10-17(3)15-18-11-13-20(14-12-18)21(22)19-7-5-4-6-8-19/h4-14H,15H2,1-3H3/b17-10+. The van der Waals surface area contributed by atoms with Gasteiger partial charge in [0.05, 0.1) is 0 Å². The van der Waals surface area contributed by atoms with E-state index >= 15 is 0 Å². The fraction of sp³-hybridized carbons (Fsp3) is 0.190. The van der Waals surface area contributed by atoms with Gasteiger partial charge in [0.1, 0.15) is 0 Å². The monoisotopic (exact) mass is 290 g/mol. The maximum atomic E-state index is 12.3. The topological polar surface area (TPSA) is 17.1 Å². The lowest BCUT2D eigenvalue weighted by Gasteiger charge is -2.04. The van der Waals surface area contributed by atoms with E-state index in [0.29, 0.717) is 0 Å². The Morgan fingerprint density at radius 2 is 1.41 bits per heavy atom. The molecule has 0 aliphatic heterocycles. The minimum absolute atomic E-state index is 0.0731. The van der Waals surface area contributed by atoms with Gasteiger partial charge in [0.15, 0.2) is 5.78 Å². The Bertz CT molecular complexity index is 684. The summed E-state index contributed by atoms with van der Waals surface area (Å²) >= 11 is 0. The number of rotatable bonds is 5. The van der Waals surface area contributed by atoms with Crippen molar-refractivity contribution in [1.82, 2.24) is 0 Å². The third kappa shape index (κ3) is 4.56. The SMILES string of the molecule is CC(C)=C/C=C(\C)Cc1ccc(C(=O)c2ccccc2)cc1. The molecule has 0 amide bonds. The summed E-state index contributed by atoms with van der Waals surface area (Å²) in [4.78, 5) is 12.3. The Morgan fingerprint density at radius 3 is 2.00 bits per heavy atom. The van der Waals surface area contributed by atoms with E-state index in [1.807, 2.05) is 54.6 Å². The quantitative estimate of drug-likeness (QED) is 0.534. The van der Waals surface area contributed by atoms with Gasteiger partial charge in [-0.15, -0.1) is 0 Å². The van der Waals surface area contributed by atoms with Gasteiger partial charge >= 0.3 is 0 Å². The van der Waals surface area contributed by atoms with Gasteiger partial charge in [-0.3, -0.25) is 4.79 Å². The predicted octanol–water partition coefficient (Wildman–Crippen LogP) is 5.37. The highest BCUT2D eigenvalue weighted by molar-refractivity contribution is 6.08. The molecule has 0 aliphatic rings. The number of ketones is 1. The molecule has 0 N–H and O–H groups in total. The van der Waals surface area contributed by atoms with Crippen LogP contribution in [0.5, 0.6) is 0 Å². The first-order valence-electron chi connectivity index (χ1n) is 7.55. The van der Waals surface area contributed by atoms with Crippen molar-refractivity contribution >= 4 is 5.78 Å². The summed E-state index contributed by atoms with van der Waals surface area (Å²) in [5.41, 5.74) is 5.29. The molecule has 0 fully saturated rings. The molecule has 0 saturated heterocycles. The molecule has 0 saturated carbocycles. The van der Waals surface area contributed by atoms with E-state index in [1.165, 1.54) is 16.7 Å². The minimum atomic E-state index is 0.0731. The van der Waals surface area contributed by atoms with E-state index in [2.05, 4.69) is 32.9 Å². The summed E-state index contributed by atoms with van der Waals surface area (Å²) in [6, 6.07) is 17.3. The molecule has 1 nitrogen and oxygen atoms in total. The van der Waals surface area contributed by atoms with Crippen molar-refractivity contribution in [3.05, 3.63) is 94.6 Å². The van der Waals surface area contributed by atoms with Crippen molar-refractivity contribution < 1.29 is 4.79 Å². The lowest BCUT2D eigenvalue weighted by atomic mass is 9.99. The van der Waals surface area contributed by atoms with Crippen LogP contribution in [0, 0.1) is 0 Å². The second-order valence-electron chi connectivity index (χ2n) is 5.83. The van der Waals surface area contributed by atoms with E-state index in [-0.39, 0.29) is 5.78 Å². The molecule has 0 aliphatic carbocycles. The van der Waals surface area contributed by atoms with Gasteiger partial charge in [0.2, 0.25) is 0 Å². The fourth-order valence-corrected chi connectivity index (χ4v) is 2.22. The minimum Gasteiger partial charge on any atom is -0.289 e. The highest BCUT2D eigenvalue weighted by Gasteiger charge is 2.07. The highest BCUT2D eigenvalue weighted by Crippen LogP contribution is 2.13. The van der Waals surface area contributed by atoms with Gasteiger partial charge in [-0.05, 0) is 32.8 Å². The van der Waals surface area contributed by atoms with Crippen LogP contribution in [0.3, 0.4) is 0 Å². The summed E-state index contributed by atoms with van der Waals surface area (Å²) in [7, 11) is 0. The van der Waals surface area contributed by atoms with Crippen molar-refractivity contribution in [3.8, 4) is 0 Å². The summed E-state index contributed by atoms with van der Waals surface area (Å²) in [6.45, 7) is 6.31. The van der Waals surface area contributed by atoms with Crippen LogP contribution in [0.4, 0.5) is 0 Å². The Kier molecular flexibility index (Phi) is 5.48. The van der Waals surface area contributed by atoms with Gasteiger partial charge in [0.25, 0.3) is 0 Å². The summed E-state index contributed by atoms with van der Waals surface area (Å²) in [6.07, 6.45) is 5.19. The van der Waals surface area contributed by atoms with Gasteiger partial charge in [0, 0.05) is 11.1 Å². The second-order valence-corrected chi connectivity index (χ2v) is 5.83. The molecule has 0 atom stereocenters. The molecule has 0 aromatic heterocycles. The Balaban J connectivity index is 2.09. The molecule has 0 bridgehead atoms. The fourth-order valence-electron chi connectivity index (χ4n) is 2.22. The predicted molar refractivity (Wildman–Crippen MR) is 93.2 cm³/mol. The lowest BCUT2D eigenvalue weighted by Crippen LogP contribution is -2.01. The Hall–Kier alpha value is -2.41. The zero-order valence-electron chi connectivity index (χ0n) is 13.5. The first-order valence-corrected chi connectivity index (χ1v) is 7.55. The van der Waals surface area contributed by atoms with Crippen LogP contribution in [-0.2, 0) is 6.42 Å². The number of hydrogen-bond donors (Lipinski definition) is 0. The van der Waals surface area contributed by atoms with Crippen LogP contribution in [0.15, 0.2) is 77.9 Å². The maximum Gasteiger partial charge on any atom is 0.193 e. The zero-order chi connectivity index (χ0) is 15.9. The van der Waals surface area contributed by atoms with Crippen molar-refractivity contribution in [2.75, 3.05) is 0 Å². The van der Waals surface area contributed by atoms with Crippen molar-refractivity contribution in [2.24, 2.45) is 0 Å². The van der Waals surface area contributed by atoms with Gasteiger partial charge in [-0.2, -0.15) is 0 Å². The number of carbonyl (C=O) groups is 1. The third-order valence-electron chi connectivity index (χ3n) is 3.44. The molecular weight excluding hydrogens is 268 g/mol. The van der Waals surface area contributed by atoms with Crippen molar-refractivity contribution in [3.63, 3.8) is 0 Å². The zero-order valence-corrected chi connectivity index (χ0v) is 13.5. The molecule has 112 valence electrons. The van der Waals surface area contributed by atoms with Crippen LogP contribution in [0.1, 0.15) is 42.3 Å². The van der Waals surface area contributed by atoms with E-state index in [0.717, 1.165) is 17.5 Å². The highest BCUT2D eigenvalue weighted by atomic mass is 16.1. The molecule has 2 aromatic carbocycles. The number of hydrogen-bond acceptors (Lipinski definition) is 1. The largest absolute Gasteiger partial charge is 0.289 e. The number of carbonyl (C=O) groups excluding carboxylic acids is 1. The Morgan fingerprint density at radius 1 is 0.818 bits per heavy atom. The molecule has 0 radical (unpaired) electrons. The second kappa shape index (κ2) is 7.56. The normalized spacial score (nSPS) is 11.1. The molecular formula is C21H22O. The summed E-state index contributed by atoms with van der Waals surface area (Å²) in [5.74, 6) is 0.0731. The Labute approximate surface area is 133 Å². The third-order valence-corrected chi connectivity index (χ3v) is 3.44. The molecule has 0 heterocycles. The van der Waals surface area contributed by atoms with Crippen LogP contribution >= 0.6 is 0 Å². The number of benzene rings is 2. The first kappa shape index (κ1) is 16.0. The summed E-state index contributed by atoms with van der Waals surface area (Å²) in [5, 5.41) is 0. The first-order chi connectivity index (χ1) is 10.6. The van der Waals surface area contributed by atoms with Crippen LogP contribution in [-0.4, -0.2) is 5.78 Å². The van der Waals surface area contributed by atoms with Gasteiger partial charge in [-0.1, -0.05) is 77.9 Å². The molecule has 22 heavy (non-hydrogen) atoms. The van der Waals surface area contributed by atoms with Crippen LogP contribution in [0.25, 0.3) is 0 Å². The molecule has 2 aromatic rings. The molecule has 0 spiro atoms. The van der Waals surface area contributed by atoms with E-state index in [1.54, 1.807) is 0 Å². The van der Waals surface area contributed by atoms with Gasteiger partial charge < -0.3 is 0 Å². The van der Waals surface area contributed by atoms with E-state index in [9.17, 15) is 4.79 Å². The summed E-state index contributed by atoms with van der Waals surface area (Å²) < 4.78 is 0. The smallest absolute Gasteiger partial charge is 0.193 e. The average Bonchev–Trinajstić information content (AvgIpc) is 2.54. The van der Waals surface area contributed by atoms with E-state index in [4.69, 9.17) is 0 Å². The molecule has 0 unspecified atom stereocenters. The lowest BCUT2D eigenvalue weighted by molar-refractivity contribution is 0.103. The van der Waals surface area contributed by atoms with Gasteiger partial charge in [-0.25, -0.2) is 0 Å². The van der Waals surface area contributed by atoms with Crippen molar-refractivity contribution in [1.29, 1.82) is 0 Å². The maximum absolute atomic E-state index is 12.3.